The molecule has 1 atom stereocenters. The Bertz CT molecular complexity index is 667. The number of oxazole rings is 1. The maximum absolute atomic E-state index is 12.3. The van der Waals surface area contributed by atoms with Crippen LogP contribution in [0.4, 0.5) is 4.79 Å². The van der Waals surface area contributed by atoms with Gasteiger partial charge in [0.05, 0.1) is 12.2 Å². The summed E-state index contributed by atoms with van der Waals surface area (Å²) in [6.07, 6.45) is 1.06. The van der Waals surface area contributed by atoms with E-state index in [1.54, 1.807) is 0 Å². The fourth-order valence-electron chi connectivity index (χ4n) is 2.76. The van der Waals surface area contributed by atoms with Crippen LogP contribution < -0.4 is 5.32 Å². The van der Waals surface area contributed by atoms with Crippen molar-refractivity contribution >= 4 is 17.8 Å². The van der Waals surface area contributed by atoms with E-state index in [2.05, 4.69) is 34.6 Å². The molecule has 1 saturated heterocycles. The molecule has 0 spiro atoms. The molecule has 1 aliphatic rings. The largest absolute Gasteiger partial charge is 0.444 e. The number of benzene rings is 1. The smallest absolute Gasteiger partial charge is 0.317 e. The predicted octanol–water partition coefficient (Wildman–Crippen LogP) is 3.62. The van der Waals surface area contributed by atoms with Gasteiger partial charge in [-0.05, 0) is 38.3 Å². The average Bonchev–Trinajstić information content (AvgIpc) is 3.19. The summed E-state index contributed by atoms with van der Waals surface area (Å²) in [4.78, 5) is 19.7. The summed E-state index contributed by atoms with van der Waals surface area (Å²) >= 11 is 1.86. The van der Waals surface area contributed by atoms with Gasteiger partial charge in [0.1, 0.15) is 5.76 Å². The van der Waals surface area contributed by atoms with E-state index in [1.165, 1.54) is 4.90 Å². The van der Waals surface area contributed by atoms with E-state index in [1.807, 2.05) is 36.6 Å². The first-order valence-corrected chi connectivity index (χ1v) is 9.24. The maximum Gasteiger partial charge on any atom is 0.317 e. The number of hydrogen-bond donors (Lipinski definition) is 1. The highest BCUT2D eigenvalue weighted by atomic mass is 32.2. The third-order valence-electron chi connectivity index (χ3n) is 4.27. The van der Waals surface area contributed by atoms with Gasteiger partial charge in [0.15, 0.2) is 0 Å². The van der Waals surface area contributed by atoms with E-state index in [9.17, 15) is 4.79 Å². The first-order chi connectivity index (χ1) is 11.6. The Kier molecular flexibility index (Phi) is 5.45. The van der Waals surface area contributed by atoms with E-state index in [0.29, 0.717) is 18.4 Å². The number of nitrogens with zero attached hydrogens (tertiary/aromatic N) is 2. The first kappa shape index (κ1) is 16.9. The van der Waals surface area contributed by atoms with Crippen molar-refractivity contribution in [2.45, 2.75) is 31.7 Å². The number of amides is 2. The molecule has 1 N–H and O–H groups in total. The number of carbonyl (C=O) groups is 1. The first-order valence-electron chi connectivity index (χ1n) is 8.25. The lowest BCUT2D eigenvalue weighted by Gasteiger charge is -2.16. The van der Waals surface area contributed by atoms with Gasteiger partial charge < -0.3 is 14.6 Å². The predicted molar refractivity (Wildman–Crippen MR) is 95.1 cm³/mol. The molecule has 5 nitrogen and oxygen atoms in total. The highest BCUT2D eigenvalue weighted by Gasteiger charge is 2.26. The molecule has 0 bridgehead atoms. The van der Waals surface area contributed by atoms with E-state index in [-0.39, 0.29) is 6.03 Å². The number of thioether (sulfide) groups is 1. The monoisotopic (exact) mass is 345 g/mol. The molecule has 1 aromatic carbocycles. The Labute approximate surface area is 146 Å². The van der Waals surface area contributed by atoms with Crippen LogP contribution in [0.25, 0.3) is 0 Å². The molecule has 1 aromatic heterocycles. The fraction of sp³-hybridized carbons (Fsp3) is 0.444. The van der Waals surface area contributed by atoms with Crippen LogP contribution in [0.15, 0.2) is 39.6 Å². The van der Waals surface area contributed by atoms with Gasteiger partial charge in [-0.25, -0.2) is 9.78 Å². The van der Waals surface area contributed by atoms with Crippen LogP contribution in [0, 0.1) is 19.8 Å². The van der Waals surface area contributed by atoms with E-state index in [0.717, 1.165) is 36.7 Å². The Morgan fingerprint density at radius 1 is 1.38 bits per heavy atom. The lowest BCUT2D eigenvalue weighted by Crippen LogP contribution is -2.38. The van der Waals surface area contributed by atoms with Crippen LogP contribution in [0.1, 0.15) is 23.8 Å². The van der Waals surface area contributed by atoms with Gasteiger partial charge in [-0.15, -0.1) is 11.8 Å². The van der Waals surface area contributed by atoms with E-state index >= 15 is 0 Å². The van der Waals surface area contributed by atoms with Crippen molar-refractivity contribution in [1.82, 2.24) is 15.2 Å². The third-order valence-corrected chi connectivity index (χ3v) is 5.51. The number of aromatic nitrogens is 1. The summed E-state index contributed by atoms with van der Waals surface area (Å²) in [5.74, 6) is 2.96. The molecule has 1 aliphatic heterocycles. The molecule has 1 unspecified atom stereocenters. The van der Waals surface area contributed by atoms with Crippen molar-refractivity contribution in [3.63, 3.8) is 0 Å². The summed E-state index contributed by atoms with van der Waals surface area (Å²) in [5, 5.41) is 2.90. The van der Waals surface area contributed by atoms with Crippen LogP contribution in [0.5, 0.6) is 0 Å². The number of urea groups is 1. The zero-order valence-corrected chi connectivity index (χ0v) is 14.9. The van der Waals surface area contributed by atoms with Gasteiger partial charge in [0.25, 0.3) is 0 Å². The molecule has 0 saturated carbocycles. The Hall–Kier alpha value is -1.95. The van der Waals surface area contributed by atoms with Crippen molar-refractivity contribution in [2.24, 2.45) is 5.92 Å². The summed E-state index contributed by atoms with van der Waals surface area (Å²) in [5.41, 5.74) is 0.874. The van der Waals surface area contributed by atoms with Gasteiger partial charge >= 0.3 is 6.03 Å². The second-order valence-corrected chi connectivity index (χ2v) is 7.23. The SMILES string of the molecule is Cc1nc(CNC(=O)N2CCC(CSc3ccccc3)C2)oc1C. The molecule has 128 valence electrons. The van der Waals surface area contributed by atoms with Gasteiger partial charge in [-0.2, -0.15) is 0 Å². The Morgan fingerprint density at radius 3 is 2.88 bits per heavy atom. The highest BCUT2D eigenvalue weighted by molar-refractivity contribution is 7.99. The standard InChI is InChI=1S/C18H23N3O2S/c1-13-14(2)23-17(20-13)10-19-18(22)21-9-8-15(11-21)12-24-16-6-4-3-5-7-16/h3-7,15H,8-12H2,1-2H3,(H,19,22). The Balaban J connectivity index is 1.42. The zero-order chi connectivity index (χ0) is 16.9. The van der Waals surface area contributed by atoms with Gasteiger partial charge in [-0.3, -0.25) is 0 Å². The quantitative estimate of drug-likeness (QED) is 0.841. The molecule has 2 heterocycles. The molecule has 0 radical (unpaired) electrons. The molecule has 2 aromatic rings. The minimum atomic E-state index is -0.0317. The second-order valence-electron chi connectivity index (χ2n) is 6.13. The lowest BCUT2D eigenvalue weighted by molar-refractivity contribution is 0.205. The minimum absolute atomic E-state index is 0.0317. The number of likely N-dealkylation sites (tertiary alicyclic amines) is 1. The number of aryl methyl sites for hydroxylation is 2. The van der Waals surface area contributed by atoms with Crippen LogP contribution in [0.3, 0.4) is 0 Å². The van der Waals surface area contributed by atoms with Crippen LogP contribution >= 0.6 is 11.8 Å². The summed E-state index contributed by atoms with van der Waals surface area (Å²) < 4.78 is 5.49. The molecule has 0 aliphatic carbocycles. The lowest BCUT2D eigenvalue weighted by atomic mass is 10.2. The summed E-state index contributed by atoms with van der Waals surface area (Å²) in [6.45, 7) is 5.75. The summed E-state index contributed by atoms with van der Waals surface area (Å²) in [7, 11) is 0. The molecular formula is C18H23N3O2S. The van der Waals surface area contributed by atoms with E-state index < -0.39 is 0 Å². The van der Waals surface area contributed by atoms with Crippen molar-refractivity contribution in [3.8, 4) is 0 Å². The van der Waals surface area contributed by atoms with Crippen LogP contribution in [0.2, 0.25) is 0 Å². The van der Waals surface area contributed by atoms with Crippen molar-refractivity contribution < 1.29 is 9.21 Å². The van der Waals surface area contributed by atoms with Crippen molar-refractivity contribution in [2.75, 3.05) is 18.8 Å². The minimum Gasteiger partial charge on any atom is -0.444 e. The zero-order valence-electron chi connectivity index (χ0n) is 14.1. The average molecular weight is 345 g/mol. The number of hydrogen-bond acceptors (Lipinski definition) is 4. The van der Waals surface area contributed by atoms with E-state index in [4.69, 9.17) is 4.42 Å². The molecule has 2 amide bonds. The Morgan fingerprint density at radius 2 is 2.17 bits per heavy atom. The number of rotatable bonds is 5. The van der Waals surface area contributed by atoms with Crippen LogP contribution in [-0.2, 0) is 6.54 Å². The third kappa shape index (κ3) is 4.32. The molecule has 6 heteroatoms. The van der Waals surface area contributed by atoms with Crippen molar-refractivity contribution in [1.29, 1.82) is 0 Å². The second kappa shape index (κ2) is 7.75. The topological polar surface area (TPSA) is 58.4 Å². The number of carbonyl (C=O) groups excluding carboxylic acids is 1. The molecule has 24 heavy (non-hydrogen) atoms. The van der Waals surface area contributed by atoms with Crippen molar-refractivity contribution in [3.05, 3.63) is 47.7 Å². The van der Waals surface area contributed by atoms with Gasteiger partial charge in [0, 0.05) is 23.7 Å². The summed E-state index contributed by atoms with van der Waals surface area (Å²) in [6, 6.07) is 10.4. The fourth-order valence-corrected chi connectivity index (χ4v) is 3.81. The normalized spacial score (nSPS) is 17.2. The van der Waals surface area contributed by atoms with Gasteiger partial charge in [0.2, 0.25) is 5.89 Å². The highest BCUT2D eigenvalue weighted by Crippen LogP contribution is 2.25. The maximum atomic E-state index is 12.3. The molecule has 3 rings (SSSR count). The number of nitrogens with one attached hydrogen (secondary N) is 1. The van der Waals surface area contributed by atoms with Crippen LogP contribution in [-0.4, -0.2) is 34.8 Å². The molecule has 1 fully saturated rings. The molecular weight excluding hydrogens is 322 g/mol. The van der Waals surface area contributed by atoms with Gasteiger partial charge in [-0.1, -0.05) is 18.2 Å².